The first kappa shape index (κ1) is 13.8. The van der Waals surface area contributed by atoms with E-state index in [1.165, 1.54) is 19.2 Å². The molecule has 2 aromatic carbocycles. The monoisotopic (exact) mass is 284 g/mol. The molecule has 1 aliphatic carbocycles. The topological polar surface area (TPSA) is 26.3 Å². The van der Waals surface area contributed by atoms with Crippen LogP contribution in [-0.2, 0) is 5.41 Å². The highest BCUT2D eigenvalue weighted by atomic mass is 19.1. The van der Waals surface area contributed by atoms with E-state index in [1.807, 2.05) is 30.3 Å². The Labute approximate surface area is 123 Å². The molecule has 2 aromatic rings. The number of benzene rings is 2. The maximum absolute atomic E-state index is 14.2. The second-order valence-corrected chi connectivity index (χ2v) is 5.48. The summed E-state index contributed by atoms with van der Waals surface area (Å²) in [6.07, 6.45) is 2.56. The van der Waals surface area contributed by atoms with Crippen LogP contribution in [0, 0.1) is 5.82 Å². The lowest BCUT2D eigenvalue weighted by molar-refractivity contribution is 0.0784. The number of Topliss-reactive ketones (excluding diaryl/α,β-unsaturated/α-hetero) is 1. The van der Waals surface area contributed by atoms with E-state index >= 15 is 0 Å². The quantitative estimate of drug-likeness (QED) is 0.789. The van der Waals surface area contributed by atoms with Crippen molar-refractivity contribution >= 4 is 5.78 Å². The van der Waals surface area contributed by atoms with E-state index < -0.39 is 11.2 Å². The molecule has 3 heteroatoms. The van der Waals surface area contributed by atoms with Gasteiger partial charge in [-0.3, -0.25) is 4.79 Å². The van der Waals surface area contributed by atoms with E-state index in [4.69, 9.17) is 4.74 Å². The number of rotatable bonds is 4. The molecule has 0 aromatic heterocycles. The van der Waals surface area contributed by atoms with Gasteiger partial charge in [-0.05, 0) is 30.5 Å². The van der Waals surface area contributed by atoms with Crippen LogP contribution in [0.15, 0.2) is 48.5 Å². The van der Waals surface area contributed by atoms with Gasteiger partial charge in [0.2, 0.25) is 0 Å². The zero-order valence-electron chi connectivity index (χ0n) is 11.9. The summed E-state index contributed by atoms with van der Waals surface area (Å²) < 4.78 is 19.2. The van der Waals surface area contributed by atoms with Crippen LogP contribution >= 0.6 is 0 Å². The zero-order chi connectivity index (χ0) is 14.9. The van der Waals surface area contributed by atoms with E-state index in [-0.39, 0.29) is 11.3 Å². The van der Waals surface area contributed by atoms with Gasteiger partial charge in [0.15, 0.2) is 5.78 Å². The molecule has 0 amide bonds. The molecule has 1 saturated carbocycles. The van der Waals surface area contributed by atoms with Crippen LogP contribution in [0.1, 0.15) is 35.2 Å². The SMILES string of the molecule is COc1ccc(C(=O)C2(c3ccccc3)CCC2)c(F)c1. The lowest BCUT2D eigenvalue weighted by atomic mass is 9.60. The Morgan fingerprint density at radius 2 is 1.86 bits per heavy atom. The van der Waals surface area contributed by atoms with Crippen molar-refractivity contribution in [2.24, 2.45) is 0 Å². The van der Waals surface area contributed by atoms with Gasteiger partial charge in [-0.1, -0.05) is 36.8 Å². The third-order valence-electron chi connectivity index (χ3n) is 4.39. The second-order valence-electron chi connectivity index (χ2n) is 5.48. The van der Waals surface area contributed by atoms with Gasteiger partial charge < -0.3 is 4.74 Å². The summed E-state index contributed by atoms with van der Waals surface area (Å²) >= 11 is 0. The van der Waals surface area contributed by atoms with Crippen molar-refractivity contribution in [3.8, 4) is 5.75 Å². The van der Waals surface area contributed by atoms with Crippen molar-refractivity contribution < 1.29 is 13.9 Å². The van der Waals surface area contributed by atoms with E-state index in [1.54, 1.807) is 6.07 Å². The van der Waals surface area contributed by atoms with Crippen LogP contribution in [0.3, 0.4) is 0 Å². The minimum absolute atomic E-state index is 0.125. The molecule has 0 spiro atoms. The Morgan fingerprint density at radius 1 is 1.14 bits per heavy atom. The summed E-state index contributed by atoms with van der Waals surface area (Å²) in [4.78, 5) is 12.9. The van der Waals surface area contributed by atoms with Crippen molar-refractivity contribution in [3.63, 3.8) is 0 Å². The van der Waals surface area contributed by atoms with Crippen molar-refractivity contribution in [3.05, 3.63) is 65.5 Å². The van der Waals surface area contributed by atoms with Crippen LogP contribution in [0.2, 0.25) is 0 Å². The molecule has 108 valence electrons. The Morgan fingerprint density at radius 3 is 2.38 bits per heavy atom. The molecule has 0 saturated heterocycles. The molecule has 21 heavy (non-hydrogen) atoms. The third-order valence-corrected chi connectivity index (χ3v) is 4.39. The summed E-state index contributed by atoms with van der Waals surface area (Å²) in [5, 5.41) is 0. The number of halogens is 1. The Hall–Kier alpha value is -2.16. The van der Waals surface area contributed by atoms with Crippen molar-refractivity contribution in [1.29, 1.82) is 0 Å². The van der Waals surface area contributed by atoms with Crippen molar-refractivity contribution in [1.82, 2.24) is 0 Å². The number of hydrogen-bond acceptors (Lipinski definition) is 2. The number of methoxy groups -OCH3 is 1. The van der Waals surface area contributed by atoms with Gasteiger partial charge >= 0.3 is 0 Å². The number of carbonyl (C=O) groups excluding carboxylic acids is 1. The van der Waals surface area contributed by atoms with E-state index in [9.17, 15) is 9.18 Å². The molecule has 1 aliphatic rings. The second kappa shape index (κ2) is 5.32. The molecule has 0 radical (unpaired) electrons. The maximum atomic E-state index is 14.2. The van der Waals surface area contributed by atoms with Gasteiger partial charge in [-0.15, -0.1) is 0 Å². The summed E-state index contributed by atoms with van der Waals surface area (Å²) in [6.45, 7) is 0. The van der Waals surface area contributed by atoms with Crippen LogP contribution in [0.5, 0.6) is 5.75 Å². The molecule has 0 heterocycles. The van der Waals surface area contributed by atoms with E-state index in [2.05, 4.69) is 0 Å². The molecule has 0 bridgehead atoms. The van der Waals surface area contributed by atoms with Crippen LogP contribution in [0.25, 0.3) is 0 Å². The van der Waals surface area contributed by atoms with Gasteiger partial charge in [0.25, 0.3) is 0 Å². The van der Waals surface area contributed by atoms with E-state index in [0.29, 0.717) is 5.75 Å². The average Bonchev–Trinajstić information content (AvgIpc) is 2.47. The highest BCUT2D eigenvalue weighted by Crippen LogP contribution is 2.46. The molecular formula is C18H17FO2. The highest BCUT2D eigenvalue weighted by Gasteiger charge is 2.46. The molecule has 0 N–H and O–H groups in total. The molecule has 3 rings (SSSR count). The summed E-state index contributed by atoms with van der Waals surface area (Å²) in [6, 6.07) is 14.1. The number of ether oxygens (including phenoxy) is 1. The third kappa shape index (κ3) is 2.23. The maximum Gasteiger partial charge on any atom is 0.176 e. The molecule has 0 atom stereocenters. The fraction of sp³-hybridized carbons (Fsp3) is 0.278. The predicted octanol–water partition coefficient (Wildman–Crippen LogP) is 4.14. The van der Waals surface area contributed by atoms with Gasteiger partial charge in [-0.2, -0.15) is 0 Å². The first-order valence-electron chi connectivity index (χ1n) is 7.11. The van der Waals surface area contributed by atoms with Crippen LogP contribution < -0.4 is 4.74 Å². The summed E-state index contributed by atoms with van der Waals surface area (Å²) in [5.74, 6) is -0.215. The molecule has 0 aliphatic heterocycles. The average molecular weight is 284 g/mol. The van der Waals surface area contributed by atoms with Crippen LogP contribution in [-0.4, -0.2) is 12.9 Å². The normalized spacial score (nSPS) is 16.1. The summed E-state index contributed by atoms with van der Waals surface area (Å²) in [5.41, 5.74) is 0.576. The van der Waals surface area contributed by atoms with Gasteiger partial charge in [0, 0.05) is 6.07 Å². The standard InChI is InChI=1S/C18H17FO2/c1-21-14-8-9-15(16(19)12-14)17(20)18(10-5-11-18)13-6-3-2-4-7-13/h2-4,6-9,12H,5,10-11H2,1H3. The Balaban J connectivity index is 2.01. The Bertz CT molecular complexity index is 660. The fourth-order valence-electron chi connectivity index (χ4n) is 3.00. The number of ketones is 1. The van der Waals surface area contributed by atoms with Crippen molar-refractivity contribution in [2.45, 2.75) is 24.7 Å². The molecule has 2 nitrogen and oxygen atoms in total. The number of carbonyl (C=O) groups is 1. The van der Waals surface area contributed by atoms with Crippen LogP contribution in [0.4, 0.5) is 4.39 Å². The minimum atomic E-state index is -0.559. The lowest BCUT2D eigenvalue weighted by Gasteiger charge is -2.41. The first-order chi connectivity index (χ1) is 10.2. The molecule has 1 fully saturated rings. The minimum Gasteiger partial charge on any atom is -0.497 e. The van der Waals surface area contributed by atoms with Crippen molar-refractivity contribution in [2.75, 3.05) is 7.11 Å². The fourth-order valence-corrected chi connectivity index (χ4v) is 3.00. The number of hydrogen-bond donors (Lipinski definition) is 0. The highest BCUT2D eigenvalue weighted by molar-refractivity contribution is 6.05. The van der Waals surface area contributed by atoms with Gasteiger partial charge in [0.1, 0.15) is 11.6 Å². The largest absolute Gasteiger partial charge is 0.497 e. The van der Waals surface area contributed by atoms with Gasteiger partial charge in [-0.25, -0.2) is 4.39 Å². The zero-order valence-corrected chi connectivity index (χ0v) is 11.9. The predicted molar refractivity (Wildman–Crippen MR) is 79.3 cm³/mol. The van der Waals surface area contributed by atoms with Gasteiger partial charge in [0.05, 0.1) is 18.1 Å². The Kier molecular flexibility index (Phi) is 3.50. The molecular weight excluding hydrogens is 267 g/mol. The molecule has 0 unspecified atom stereocenters. The lowest BCUT2D eigenvalue weighted by Crippen LogP contribution is -2.42. The smallest absolute Gasteiger partial charge is 0.176 e. The van der Waals surface area contributed by atoms with E-state index in [0.717, 1.165) is 24.8 Å². The summed E-state index contributed by atoms with van der Waals surface area (Å²) in [7, 11) is 1.48. The first-order valence-corrected chi connectivity index (χ1v) is 7.11.